The monoisotopic (exact) mass is 235 g/mol. The van der Waals surface area contributed by atoms with Gasteiger partial charge in [0.15, 0.2) is 0 Å². The minimum Gasteiger partial charge on any atom is -0.478 e. The van der Waals surface area contributed by atoms with E-state index >= 15 is 0 Å². The summed E-state index contributed by atoms with van der Waals surface area (Å²) in [5.74, 6) is 0.301. The Labute approximate surface area is 98.8 Å². The first kappa shape index (κ1) is 11.4. The predicted octanol–water partition coefficient (Wildman–Crippen LogP) is 2.48. The zero-order chi connectivity index (χ0) is 12.3. The number of H-pyrrole nitrogens is 1. The normalized spacial score (nSPS) is 10.3. The molecule has 2 aromatic rings. The zero-order valence-corrected chi connectivity index (χ0v) is 9.75. The number of rotatable bonds is 4. The van der Waals surface area contributed by atoms with Crippen molar-refractivity contribution in [2.75, 3.05) is 12.4 Å². The molecule has 1 aromatic heterocycles. The van der Waals surface area contributed by atoms with Gasteiger partial charge in [-0.3, -0.25) is 5.10 Å². The smallest absolute Gasteiger partial charge is 0.256 e. The highest BCUT2D eigenvalue weighted by Gasteiger charge is 2.09. The molecule has 4 nitrogen and oxygen atoms in total. The number of ether oxygens (including phenoxy) is 1. The van der Waals surface area contributed by atoms with Crippen molar-refractivity contribution in [2.24, 2.45) is 0 Å². The van der Waals surface area contributed by atoms with Crippen LogP contribution in [0.2, 0.25) is 0 Å². The van der Waals surface area contributed by atoms with Gasteiger partial charge in [-0.05, 0) is 24.6 Å². The van der Waals surface area contributed by atoms with Gasteiger partial charge in [0.2, 0.25) is 0 Å². The fourth-order valence-electron chi connectivity index (χ4n) is 1.56. The lowest BCUT2D eigenvalue weighted by Crippen LogP contribution is -2.01. The Morgan fingerprint density at radius 3 is 2.71 bits per heavy atom. The maximum Gasteiger partial charge on any atom is 0.256 e. The lowest BCUT2D eigenvalue weighted by atomic mass is 10.2. The van der Waals surface area contributed by atoms with E-state index in [1.54, 1.807) is 19.2 Å². The van der Waals surface area contributed by atoms with Crippen LogP contribution in [-0.2, 0) is 6.54 Å². The van der Waals surface area contributed by atoms with E-state index in [4.69, 9.17) is 4.74 Å². The molecule has 0 fully saturated rings. The molecule has 1 aromatic carbocycles. The molecule has 2 N–H and O–H groups in total. The number of methoxy groups -OCH3 is 1. The Morgan fingerprint density at radius 1 is 1.35 bits per heavy atom. The Kier molecular flexibility index (Phi) is 3.27. The van der Waals surface area contributed by atoms with E-state index in [1.165, 1.54) is 12.1 Å². The fourth-order valence-corrected chi connectivity index (χ4v) is 1.56. The van der Waals surface area contributed by atoms with Gasteiger partial charge in [-0.25, -0.2) is 4.39 Å². The van der Waals surface area contributed by atoms with Crippen LogP contribution < -0.4 is 10.1 Å². The molecule has 0 amide bonds. The lowest BCUT2D eigenvalue weighted by Gasteiger charge is -2.07. The third-order valence-corrected chi connectivity index (χ3v) is 2.49. The van der Waals surface area contributed by atoms with Crippen molar-refractivity contribution in [3.8, 4) is 5.88 Å². The molecular formula is C12H14FN3O. The van der Waals surface area contributed by atoms with Gasteiger partial charge in [0.05, 0.1) is 12.8 Å². The van der Waals surface area contributed by atoms with Crippen LogP contribution in [0.3, 0.4) is 0 Å². The van der Waals surface area contributed by atoms with Crippen LogP contribution in [-0.4, -0.2) is 17.3 Å². The molecule has 0 aliphatic carbocycles. The summed E-state index contributed by atoms with van der Waals surface area (Å²) in [6.07, 6.45) is 0. The van der Waals surface area contributed by atoms with Crippen molar-refractivity contribution in [1.82, 2.24) is 10.2 Å². The van der Waals surface area contributed by atoms with Crippen molar-refractivity contribution in [1.29, 1.82) is 0 Å². The second kappa shape index (κ2) is 4.86. The van der Waals surface area contributed by atoms with Crippen molar-refractivity contribution in [3.63, 3.8) is 0 Å². The summed E-state index contributed by atoms with van der Waals surface area (Å²) in [7, 11) is 1.57. The largest absolute Gasteiger partial charge is 0.478 e. The van der Waals surface area contributed by atoms with Gasteiger partial charge in [-0.1, -0.05) is 12.1 Å². The minimum absolute atomic E-state index is 0.231. The average Bonchev–Trinajstić information content (AvgIpc) is 2.69. The maximum atomic E-state index is 12.7. The molecule has 0 aliphatic heterocycles. The summed E-state index contributed by atoms with van der Waals surface area (Å²) in [5.41, 5.74) is 2.73. The highest BCUT2D eigenvalue weighted by atomic mass is 19.1. The molecule has 2 rings (SSSR count). The van der Waals surface area contributed by atoms with Crippen molar-refractivity contribution in [2.45, 2.75) is 13.5 Å². The number of nitrogens with one attached hydrogen (secondary N) is 2. The minimum atomic E-state index is -0.231. The number of aromatic amines is 1. The highest BCUT2D eigenvalue weighted by Crippen LogP contribution is 2.24. The molecule has 0 spiro atoms. The van der Waals surface area contributed by atoms with Crippen LogP contribution in [0.4, 0.5) is 10.1 Å². The molecule has 5 heteroatoms. The van der Waals surface area contributed by atoms with Crippen molar-refractivity contribution in [3.05, 3.63) is 41.3 Å². The molecule has 1 heterocycles. The summed E-state index contributed by atoms with van der Waals surface area (Å²) < 4.78 is 17.8. The van der Waals surface area contributed by atoms with Gasteiger partial charge < -0.3 is 10.1 Å². The van der Waals surface area contributed by atoms with Gasteiger partial charge in [0.25, 0.3) is 5.88 Å². The first-order chi connectivity index (χ1) is 8.20. The van der Waals surface area contributed by atoms with Crippen molar-refractivity contribution < 1.29 is 9.13 Å². The lowest BCUT2D eigenvalue weighted by molar-refractivity contribution is 0.398. The average molecular weight is 235 g/mol. The van der Waals surface area contributed by atoms with Crippen LogP contribution in [0.5, 0.6) is 5.88 Å². The number of benzene rings is 1. The van der Waals surface area contributed by atoms with Crippen LogP contribution >= 0.6 is 0 Å². The molecule has 0 bridgehead atoms. The molecule has 0 saturated carbocycles. The Hall–Kier alpha value is -2.04. The molecule has 0 saturated heterocycles. The predicted molar refractivity (Wildman–Crippen MR) is 63.6 cm³/mol. The molecular weight excluding hydrogens is 221 g/mol. The van der Waals surface area contributed by atoms with E-state index in [2.05, 4.69) is 15.5 Å². The number of anilines is 1. The standard InChI is InChI=1S/C12H14FN3O/c1-8-11(12(17-2)16-15-8)14-7-9-3-5-10(13)6-4-9/h3-6,14H,7H2,1-2H3,(H,15,16). The van der Waals surface area contributed by atoms with E-state index in [0.717, 1.165) is 16.9 Å². The fraction of sp³-hybridized carbons (Fsp3) is 0.250. The molecule has 90 valence electrons. The number of hydrogen-bond donors (Lipinski definition) is 2. The number of aromatic nitrogens is 2. The number of halogens is 1. The Morgan fingerprint density at radius 2 is 2.06 bits per heavy atom. The van der Waals surface area contributed by atoms with Crippen molar-refractivity contribution >= 4 is 5.69 Å². The Bertz CT molecular complexity index is 493. The van der Waals surface area contributed by atoms with Crippen LogP contribution in [0.1, 0.15) is 11.3 Å². The second-order valence-electron chi connectivity index (χ2n) is 3.71. The summed E-state index contributed by atoms with van der Waals surface area (Å²) >= 11 is 0. The van der Waals surface area contributed by atoms with Gasteiger partial charge in [-0.15, -0.1) is 5.10 Å². The zero-order valence-electron chi connectivity index (χ0n) is 9.75. The first-order valence-electron chi connectivity index (χ1n) is 5.28. The maximum absolute atomic E-state index is 12.7. The summed E-state index contributed by atoms with van der Waals surface area (Å²) in [6.45, 7) is 2.50. The molecule has 0 radical (unpaired) electrons. The first-order valence-corrected chi connectivity index (χ1v) is 5.28. The SMILES string of the molecule is COc1n[nH]c(C)c1NCc1ccc(F)cc1. The van der Waals surface area contributed by atoms with Gasteiger partial charge in [-0.2, -0.15) is 0 Å². The Balaban J connectivity index is 2.06. The van der Waals surface area contributed by atoms with Gasteiger partial charge in [0.1, 0.15) is 11.5 Å². The quantitative estimate of drug-likeness (QED) is 0.856. The summed E-state index contributed by atoms with van der Waals surface area (Å²) in [4.78, 5) is 0. The molecule has 0 atom stereocenters. The topological polar surface area (TPSA) is 49.9 Å². The van der Waals surface area contributed by atoms with E-state index in [-0.39, 0.29) is 5.82 Å². The van der Waals surface area contributed by atoms with E-state index in [0.29, 0.717) is 12.4 Å². The number of nitrogens with zero attached hydrogens (tertiary/aromatic N) is 1. The third-order valence-electron chi connectivity index (χ3n) is 2.49. The molecule has 0 unspecified atom stereocenters. The molecule has 0 aliphatic rings. The van der Waals surface area contributed by atoms with E-state index in [1.807, 2.05) is 6.92 Å². The highest BCUT2D eigenvalue weighted by molar-refractivity contribution is 5.56. The molecule has 17 heavy (non-hydrogen) atoms. The van der Waals surface area contributed by atoms with Crippen LogP contribution in [0.15, 0.2) is 24.3 Å². The third kappa shape index (κ3) is 2.55. The van der Waals surface area contributed by atoms with E-state index < -0.39 is 0 Å². The number of aryl methyl sites for hydroxylation is 1. The van der Waals surface area contributed by atoms with Crippen LogP contribution in [0, 0.1) is 12.7 Å². The van der Waals surface area contributed by atoms with E-state index in [9.17, 15) is 4.39 Å². The summed E-state index contributed by atoms with van der Waals surface area (Å²) in [5, 5.41) is 10.0. The second-order valence-corrected chi connectivity index (χ2v) is 3.71. The van der Waals surface area contributed by atoms with Gasteiger partial charge in [0, 0.05) is 6.54 Å². The summed E-state index contributed by atoms with van der Waals surface area (Å²) in [6, 6.07) is 6.36. The van der Waals surface area contributed by atoms with Crippen LogP contribution in [0.25, 0.3) is 0 Å². The number of hydrogen-bond acceptors (Lipinski definition) is 3. The van der Waals surface area contributed by atoms with Gasteiger partial charge >= 0.3 is 0 Å².